The smallest absolute Gasteiger partial charge is 0.222 e. The zero-order chi connectivity index (χ0) is 28.1. The van der Waals surface area contributed by atoms with E-state index in [1.165, 1.54) is 0 Å². The molecule has 0 heterocycles. The monoisotopic (exact) mass is 560 g/mol. The molecular formula is C27H48N2O10. The predicted molar refractivity (Wildman–Crippen MR) is 145 cm³/mol. The summed E-state index contributed by atoms with van der Waals surface area (Å²) in [4.78, 5) is 11.8. The first-order valence-corrected chi connectivity index (χ1v) is 13.6. The average molecular weight is 561 g/mol. The van der Waals surface area contributed by atoms with E-state index in [1.807, 2.05) is 12.1 Å². The molecule has 0 unspecified atom stereocenters. The fourth-order valence-electron chi connectivity index (χ4n) is 2.99. The summed E-state index contributed by atoms with van der Waals surface area (Å²) in [7, 11) is 0. The van der Waals surface area contributed by atoms with E-state index >= 15 is 0 Å². The molecule has 12 nitrogen and oxygen atoms in total. The first-order valence-electron chi connectivity index (χ1n) is 13.6. The van der Waals surface area contributed by atoms with Crippen molar-refractivity contribution < 1.29 is 47.8 Å². The molecule has 12 heteroatoms. The summed E-state index contributed by atoms with van der Waals surface area (Å²) in [5, 5.41) is 12.1. The van der Waals surface area contributed by atoms with Gasteiger partial charge >= 0.3 is 0 Å². The number of ether oxygens (including phenoxy) is 8. The maximum Gasteiger partial charge on any atom is 0.222 e. The minimum atomic E-state index is -0.0516. The number of hydrogen-bond donors (Lipinski definition) is 3. The summed E-state index contributed by atoms with van der Waals surface area (Å²) in [6.07, 6.45) is 1.02. The molecule has 0 aromatic heterocycles. The van der Waals surface area contributed by atoms with Crippen molar-refractivity contribution in [3.63, 3.8) is 0 Å². The van der Waals surface area contributed by atoms with Gasteiger partial charge in [-0.05, 0) is 24.1 Å². The van der Waals surface area contributed by atoms with Crippen LogP contribution in [0.1, 0.15) is 12.0 Å². The van der Waals surface area contributed by atoms with Crippen LogP contribution in [0.25, 0.3) is 0 Å². The molecule has 0 aliphatic heterocycles. The Labute approximate surface area is 232 Å². The van der Waals surface area contributed by atoms with E-state index < -0.39 is 0 Å². The molecule has 4 N–H and O–H groups in total. The molecule has 0 saturated carbocycles. The van der Waals surface area contributed by atoms with Gasteiger partial charge < -0.3 is 54.1 Å². The van der Waals surface area contributed by atoms with Crippen molar-refractivity contribution in [2.24, 2.45) is 5.73 Å². The summed E-state index contributed by atoms with van der Waals surface area (Å²) in [5.74, 6) is 0.183. The Morgan fingerprint density at radius 1 is 0.590 bits per heavy atom. The SMILES string of the molecule is NCCOCCOCCOCCOCCOCCOCCOCCOCCC(=O)NCCc1ccc(O)cc1. The minimum absolute atomic E-state index is 0.0516. The fraction of sp³-hybridized carbons (Fsp3) is 0.741. The third-order valence-corrected chi connectivity index (χ3v) is 5.01. The van der Waals surface area contributed by atoms with Crippen molar-refractivity contribution in [2.45, 2.75) is 12.8 Å². The quantitative estimate of drug-likeness (QED) is 0.118. The lowest BCUT2D eigenvalue weighted by molar-refractivity contribution is -0.122. The predicted octanol–water partition coefficient (Wildman–Crippen LogP) is 0.533. The molecule has 0 fully saturated rings. The fourth-order valence-corrected chi connectivity index (χ4v) is 2.99. The highest BCUT2D eigenvalue weighted by Crippen LogP contribution is 2.09. The van der Waals surface area contributed by atoms with Gasteiger partial charge in [-0.25, -0.2) is 0 Å². The van der Waals surface area contributed by atoms with E-state index in [9.17, 15) is 9.90 Å². The number of phenols is 1. The minimum Gasteiger partial charge on any atom is -0.508 e. The number of nitrogens with one attached hydrogen (secondary N) is 1. The van der Waals surface area contributed by atoms with E-state index in [4.69, 9.17) is 43.6 Å². The van der Waals surface area contributed by atoms with Gasteiger partial charge in [0.1, 0.15) is 5.75 Å². The van der Waals surface area contributed by atoms with Crippen molar-refractivity contribution >= 4 is 5.91 Å². The number of carbonyl (C=O) groups is 1. The summed E-state index contributed by atoms with van der Waals surface area (Å²) >= 11 is 0. The Morgan fingerprint density at radius 3 is 1.33 bits per heavy atom. The molecule has 1 aromatic rings. The van der Waals surface area contributed by atoms with Gasteiger partial charge in [0.15, 0.2) is 0 Å². The topological polar surface area (TPSA) is 149 Å². The molecule has 0 bridgehead atoms. The van der Waals surface area contributed by atoms with Crippen LogP contribution in [0.4, 0.5) is 0 Å². The van der Waals surface area contributed by atoms with Gasteiger partial charge in [0.2, 0.25) is 5.91 Å². The number of nitrogens with two attached hydrogens (primary N) is 1. The third kappa shape index (κ3) is 24.9. The van der Waals surface area contributed by atoms with Gasteiger partial charge in [0.05, 0.1) is 106 Å². The highest BCUT2D eigenvalue weighted by Gasteiger charge is 2.02. The Balaban J connectivity index is 1.69. The zero-order valence-electron chi connectivity index (χ0n) is 23.2. The van der Waals surface area contributed by atoms with Crippen molar-refractivity contribution in [3.8, 4) is 5.75 Å². The van der Waals surface area contributed by atoms with Gasteiger partial charge in [0, 0.05) is 19.5 Å². The molecule has 1 aromatic carbocycles. The standard InChI is InChI=1S/C27H48N2O10/c28-7-10-33-12-14-35-16-18-37-20-22-39-24-23-38-21-19-36-17-15-34-13-11-32-9-6-27(31)29-8-5-25-1-3-26(30)4-2-25/h1-4,30H,5-24,28H2,(H,29,31). The molecule has 0 aliphatic carbocycles. The maximum atomic E-state index is 11.8. The number of hydrogen-bond acceptors (Lipinski definition) is 11. The molecule has 1 rings (SSSR count). The molecule has 0 radical (unpaired) electrons. The molecule has 0 saturated heterocycles. The zero-order valence-corrected chi connectivity index (χ0v) is 23.2. The summed E-state index contributed by atoms with van der Waals surface area (Å²) in [6, 6.07) is 6.94. The lowest BCUT2D eigenvalue weighted by Gasteiger charge is -2.09. The van der Waals surface area contributed by atoms with Gasteiger partial charge in [-0.1, -0.05) is 12.1 Å². The highest BCUT2D eigenvalue weighted by atomic mass is 16.6. The van der Waals surface area contributed by atoms with Crippen LogP contribution < -0.4 is 11.1 Å². The van der Waals surface area contributed by atoms with Crippen LogP contribution in [0, 0.1) is 0 Å². The van der Waals surface area contributed by atoms with Crippen molar-refractivity contribution in [2.75, 3.05) is 119 Å². The number of aromatic hydroxyl groups is 1. The summed E-state index contributed by atoms with van der Waals surface area (Å²) in [5.41, 5.74) is 6.38. The molecule has 39 heavy (non-hydrogen) atoms. The molecule has 0 atom stereocenters. The Bertz CT molecular complexity index is 666. The van der Waals surface area contributed by atoms with Gasteiger partial charge in [-0.15, -0.1) is 0 Å². The lowest BCUT2D eigenvalue weighted by Crippen LogP contribution is -2.26. The number of phenolic OH excluding ortho intramolecular Hbond substituents is 1. The number of rotatable bonds is 29. The van der Waals surface area contributed by atoms with Crippen LogP contribution in [-0.2, 0) is 49.1 Å². The van der Waals surface area contributed by atoms with E-state index in [-0.39, 0.29) is 11.7 Å². The number of benzene rings is 1. The van der Waals surface area contributed by atoms with E-state index in [0.29, 0.717) is 132 Å². The van der Waals surface area contributed by atoms with Crippen LogP contribution in [0.3, 0.4) is 0 Å². The van der Waals surface area contributed by atoms with E-state index in [1.54, 1.807) is 12.1 Å². The Kier molecular flexibility index (Phi) is 25.0. The molecular weight excluding hydrogens is 512 g/mol. The van der Waals surface area contributed by atoms with Crippen LogP contribution in [0.2, 0.25) is 0 Å². The normalized spacial score (nSPS) is 11.2. The average Bonchev–Trinajstić information content (AvgIpc) is 2.94. The molecule has 0 spiro atoms. The maximum absolute atomic E-state index is 11.8. The van der Waals surface area contributed by atoms with Crippen molar-refractivity contribution in [1.29, 1.82) is 0 Å². The van der Waals surface area contributed by atoms with E-state index in [0.717, 1.165) is 5.56 Å². The number of amides is 1. The van der Waals surface area contributed by atoms with Gasteiger partial charge in [-0.3, -0.25) is 4.79 Å². The van der Waals surface area contributed by atoms with Crippen LogP contribution >= 0.6 is 0 Å². The van der Waals surface area contributed by atoms with Crippen molar-refractivity contribution in [3.05, 3.63) is 29.8 Å². The second kappa shape index (κ2) is 27.7. The van der Waals surface area contributed by atoms with E-state index in [2.05, 4.69) is 5.32 Å². The number of carbonyl (C=O) groups excluding carboxylic acids is 1. The van der Waals surface area contributed by atoms with Gasteiger partial charge in [-0.2, -0.15) is 0 Å². The third-order valence-electron chi connectivity index (χ3n) is 5.01. The van der Waals surface area contributed by atoms with Crippen LogP contribution in [-0.4, -0.2) is 130 Å². The Hall–Kier alpha value is -1.87. The second-order valence-corrected chi connectivity index (χ2v) is 8.20. The van der Waals surface area contributed by atoms with Crippen LogP contribution in [0.5, 0.6) is 5.75 Å². The molecule has 226 valence electrons. The summed E-state index contributed by atoms with van der Waals surface area (Å²) < 4.78 is 43.1. The first-order chi connectivity index (χ1) is 19.2. The molecule has 1 amide bonds. The summed E-state index contributed by atoms with van der Waals surface area (Å²) in [6.45, 7) is 8.93. The second-order valence-electron chi connectivity index (χ2n) is 8.20. The Morgan fingerprint density at radius 2 is 0.949 bits per heavy atom. The lowest BCUT2D eigenvalue weighted by atomic mass is 10.1. The largest absolute Gasteiger partial charge is 0.508 e. The van der Waals surface area contributed by atoms with Crippen molar-refractivity contribution in [1.82, 2.24) is 5.32 Å². The molecule has 0 aliphatic rings. The van der Waals surface area contributed by atoms with Gasteiger partial charge in [0.25, 0.3) is 0 Å². The first kappa shape index (κ1) is 35.2. The van der Waals surface area contributed by atoms with Crippen LogP contribution in [0.15, 0.2) is 24.3 Å². The highest BCUT2D eigenvalue weighted by molar-refractivity contribution is 5.75.